The second-order valence-corrected chi connectivity index (χ2v) is 7.50. The van der Waals surface area contributed by atoms with Crippen LogP contribution in [0, 0.1) is 11.3 Å². The number of aromatic nitrogens is 2. The number of rotatable bonds is 8. The number of hydrogen-bond donors (Lipinski definition) is 1. The Balaban J connectivity index is 0.00000240. The monoisotopic (exact) mass is 481 g/mol. The summed E-state index contributed by atoms with van der Waals surface area (Å²) in [5.74, 6) is 1.29. The topological polar surface area (TPSA) is 74.1 Å². The van der Waals surface area contributed by atoms with Crippen molar-refractivity contribution in [1.29, 1.82) is 5.26 Å². The molecule has 1 N–H and O–H groups in total. The SMILES string of the molecule is COc1ccc(CNc2nnc(CCCN(C)C)c3ccc(C#N)cc23)cc1Cl.Cl.Cl. The van der Waals surface area contributed by atoms with Crippen LogP contribution in [0.2, 0.25) is 5.02 Å². The maximum atomic E-state index is 9.31. The minimum absolute atomic E-state index is 0. The average Bonchev–Trinajstić information content (AvgIpc) is 2.72. The van der Waals surface area contributed by atoms with E-state index in [1.165, 1.54) is 0 Å². The third-order valence-corrected chi connectivity index (χ3v) is 4.98. The van der Waals surface area contributed by atoms with E-state index >= 15 is 0 Å². The quantitative estimate of drug-likeness (QED) is 0.481. The zero-order valence-electron chi connectivity index (χ0n) is 17.7. The fraction of sp³-hybridized carbons (Fsp3) is 0.318. The molecule has 0 unspecified atom stereocenters. The van der Waals surface area contributed by atoms with E-state index in [0.29, 0.717) is 28.7 Å². The summed E-state index contributed by atoms with van der Waals surface area (Å²) in [4.78, 5) is 2.15. The molecule has 2 aromatic carbocycles. The zero-order chi connectivity index (χ0) is 20.8. The lowest BCUT2D eigenvalue weighted by molar-refractivity contribution is 0.399. The number of halogens is 3. The van der Waals surface area contributed by atoms with E-state index in [2.05, 4.69) is 40.6 Å². The molecular formula is C22H26Cl3N5O. The van der Waals surface area contributed by atoms with Gasteiger partial charge >= 0.3 is 0 Å². The Morgan fingerprint density at radius 2 is 1.87 bits per heavy atom. The molecular weight excluding hydrogens is 457 g/mol. The summed E-state index contributed by atoms with van der Waals surface area (Å²) in [5.41, 5.74) is 2.54. The van der Waals surface area contributed by atoms with Crippen LogP contribution < -0.4 is 10.1 Å². The minimum Gasteiger partial charge on any atom is -0.495 e. The third kappa shape index (κ3) is 6.84. The Hall–Kier alpha value is -2.30. The highest BCUT2D eigenvalue weighted by Crippen LogP contribution is 2.27. The molecule has 0 fully saturated rings. The maximum Gasteiger partial charge on any atom is 0.156 e. The Kier molecular flexibility index (Phi) is 10.8. The van der Waals surface area contributed by atoms with E-state index in [4.69, 9.17) is 16.3 Å². The summed E-state index contributed by atoms with van der Waals surface area (Å²) in [5, 5.41) is 24.0. The second kappa shape index (κ2) is 12.5. The molecule has 0 saturated heterocycles. The summed E-state index contributed by atoms with van der Waals surface area (Å²) in [6.07, 6.45) is 1.83. The van der Waals surface area contributed by atoms with Gasteiger partial charge in [0, 0.05) is 17.3 Å². The molecule has 3 aromatic rings. The first-order valence-electron chi connectivity index (χ1n) is 9.42. The van der Waals surface area contributed by atoms with E-state index in [9.17, 15) is 5.26 Å². The number of ether oxygens (including phenoxy) is 1. The van der Waals surface area contributed by atoms with E-state index < -0.39 is 0 Å². The average molecular weight is 483 g/mol. The predicted octanol–water partition coefficient (Wildman–Crippen LogP) is 5.11. The molecule has 3 rings (SSSR count). The van der Waals surface area contributed by atoms with Crippen LogP contribution in [0.3, 0.4) is 0 Å². The number of hydrogen-bond acceptors (Lipinski definition) is 6. The van der Waals surface area contributed by atoms with Crippen LogP contribution in [0.25, 0.3) is 10.8 Å². The molecule has 0 aliphatic carbocycles. The van der Waals surface area contributed by atoms with Crippen molar-refractivity contribution >= 4 is 53.0 Å². The molecule has 0 aliphatic rings. The van der Waals surface area contributed by atoms with Crippen LogP contribution in [0.4, 0.5) is 5.82 Å². The van der Waals surface area contributed by atoms with Gasteiger partial charge < -0.3 is 15.0 Å². The van der Waals surface area contributed by atoms with Gasteiger partial charge in [-0.15, -0.1) is 29.9 Å². The van der Waals surface area contributed by atoms with Crippen LogP contribution in [0.5, 0.6) is 5.75 Å². The molecule has 0 saturated carbocycles. The lowest BCUT2D eigenvalue weighted by atomic mass is 10.0. The molecule has 31 heavy (non-hydrogen) atoms. The second-order valence-electron chi connectivity index (χ2n) is 7.10. The fourth-order valence-electron chi connectivity index (χ4n) is 3.16. The first-order chi connectivity index (χ1) is 14.0. The molecule has 9 heteroatoms. The lowest BCUT2D eigenvalue weighted by Gasteiger charge is -2.13. The Bertz CT molecular complexity index is 1050. The summed E-state index contributed by atoms with van der Waals surface area (Å²) in [6, 6.07) is 13.5. The molecule has 166 valence electrons. The van der Waals surface area contributed by atoms with Crippen LogP contribution in [0.15, 0.2) is 36.4 Å². The van der Waals surface area contributed by atoms with Crippen LogP contribution in [-0.4, -0.2) is 42.8 Å². The van der Waals surface area contributed by atoms with Crippen molar-refractivity contribution < 1.29 is 4.74 Å². The highest BCUT2D eigenvalue weighted by Gasteiger charge is 2.11. The molecule has 0 spiro atoms. The Labute approximate surface area is 200 Å². The molecule has 1 heterocycles. The van der Waals surface area contributed by atoms with Gasteiger partial charge in [-0.25, -0.2) is 0 Å². The van der Waals surface area contributed by atoms with Crippen molar-refractivity contribution in [2.75, 3.05) is 33.1 Å². The first kappa shape index (κ1) is 26.7. The summed E-state index contributed by atoms with van der Waals surface area (Å²) in [6.45, 7) is 1.52. The van der Waals surface area contributed by atoms with Gasteiger partial charge in [-0.3, -0.25) is 0 Å². The molecule has 0 aliphatic heterocycles. The van der Waals surface area contributed by atoms with Gasteiger partial charge in [-0.2, -0.15) is 10.4 Å². The lowest BCUT2D eigenvalue weighted by Crippen LogP contribution is -2.14. The number of nitriles is 1. The van der Waals surface area contributed by atoms with E-state index in [1.54, 1.807) is 7.11 Å². The first-order valence-corrected chi connectivity index (χ1v) is 9.80. The Morgan fingerprint density at radius 3 is 2.52 bits per heavy atom. The summed E-state index contributed by atoms with van der Waals surface area (Å²) in [7, 11) is 5.70. The number of nitrogens with zero attached hydrogens (tertiary/aromatic N) is 4. The normalized spacial score (nSPS) is 10.2. The number of benzene rings is 2. The number of nitrogens with one attached hydrogen (secondary N) is 1. The molecule has 0 radical (unpaired) electrons. The maximum absolute atomic E-state index is 9.31. The van der Waals surface area contributed by atoms with E-state index in [0.717, 1.165) is 41.4 Å². The van der Waals surface area contributed by atoms with Gasteiger partial charge in [0.25, 0.3) is 0 Å². The van der Waals surface area contributed by atoms with Crippen molar-refractivity contribution in [1.82, 2.24) is 15.1 Å². The van der Waals surface area contributed by atoms with Crippen molar-refractivity contribution in [3.63, 3.8) is 0 Å². The van der Waals surface area contributed by atoms with Gasteiger partial charge in [-0.05, 0) is 63.3 Å². The molecule has 0 atom stereocenters. The highest BCUT2D eigenvalue weighted by atomic mass is 35.5. The molecule has 0 amide bonds. The molecule has 0 bridgehead atoms. The van der Waals surface area contributed by atoms with E-state index in [1.807, 2.05) is 36.4 Å². The summed E-state index contributed by atoms with van der Waals surface area (Å²) < 4.78 is 5.20. The highest BCUT2D eigenvalue weighted by molar-refractivity contribution is 6.32. The molecule has 6 nitrogen and oxygen atoms in total. The van der Waals surface area contributed by atoms with Gasteiger partial charge in [0.2, 0.25) is 0 Å². The smallest absolute Gasteiger partial charge is 0.156 e. The summed E-state index contributed by atoms with van der Waals surface area (Å²) >= 11 is 6.22. The van der Waals surface area contributed by atoms with Gasteiger partial charge in [0.1, 0.15) is 5.75 Å². The van der Waals surface area contributed by atoms with Crippen LogP contribution in [-0.2, 0) is 13.0 Å². The third-order valence-electron chi connectivity index (χ3n) is 4.68. The Morgan fingerprint density at radius 1 is 1.10 bits per heavy atom. The van der Waals surface area contributed by atoms with Crippen LogP contribution >= 0.6 is 36.4 Å². The molecule has 1 aromatic heterocycles. The van der Waals surface area contributed by atoms with E-state index in [-0.39, 0.29) is 24.8 Å². The van der Waals surface area contributed by atoms with Crippen molar-refractivity contribution in [3.8, 4) is 11.8 Å². The van der Waals surface area contributed by atoms with Crippen molar-refractivity contribution in [3.05, 3.63) is 58.2 Å². The number of anilines is 1. The van der Waals surface area contributed by atoms with Crippen molar-refractivity contribution in [2.24, 2.45) is 0 Å². The number of aryl methyl sites for hydroxylation is 1. The predicted molar refractivity (Wildman–Crippen MR) is 131 cm³/mol. The number of fused-ring (bicyclic) bond motifs is 1. The largest absolute Gasteiger partial charge is 0.495 e. The van der Waals surface area contributed by atoms with Gasteiger partial charge in [0.15, 0.2) is 5.82 Å². The minimum atomic E-state index is 0. The van der Waals surface area contributed by atoms with Crippen molar-refractivity contribution in [2.45, 2.75) is 19.4 Å². The van der Waals surface area contributed by atoms with Crippen LogP contribution in [0.1, 0.15) is 23.2 Å². The fourth-order valence-corrected chi connectivity index (χ4v) is 3.44. The zero-order valence-corrected chi connectivity index (χ0v) is 20.1. The standard InChI is InChI=1S/C22H24ClN5O.2ClH/c1-28(2)10-4-5-20-17-8-6-15(13-24)11-18(17)22(27-26-20)25-14-16-7-9-21(29-3)19(23)12-16;;/h6-9,11-12H,4-5,10,14H2,1-3H3,(H,25,27);2*1H. The van der Waals surface area contributed by atoms with Gasteiger partial charge in [0.05, 0.1) is 29.5 Å². The van der Waals surface area contributed by atoms with Gasteiger partial charge in [-0.1, -0.05) is 23.7 Å². The number of methoxy groups -OCH3 is 1.